The van der Waals surface area contributed by atoms with Gasteiger partial charge in [-0.1, -0.05) is 0 Å². The summed E-state index contributed by atoms with van der Waals surface area (Å²) < 4.78 is 0.833. The molecular weight excluding hydrogens is 209 g/mol. The summed E-state index contributed by atoms with van der Waals surface area (Å²) in [5.41, 5.74) is 1.06. The van der Waals surface area contributed by atoms with Gasteiger partial charge in [-0.3, -0.25) is 4.98 Å². The van der Waals surface area contributed by atoms with Crippen LogP contribution in [0.2, 0.25) is 0 Å². The summed E-state index contributed by atoms with van der Waals surface area (Å²) in [6, 6.07) is 1.78. The van der Waals surface area contributed by atoms with Crippen molar-refractivity contribution in [3.05, 3.63) is 22.3 Å². The van der Waals surface area contributed by atoms with Crippen molar-refractivity contribution < 1.29 is 10.0 Å². The highest BCUT2D eigenvalue weighted by Gasteiger charge is 2.15. The maximum atomic E-state index is 8.77. The molecule has 0 fully saturated rings. The van der Waals surface area contributed by atoms with Gasteiger partial charge in [0.2, 0.25) is 0 Å². The van der Waals surface area contributed by atoms with Crippen molar-refractivity contribution in [3.63, 3.8) is 0 Å². The highest BCUT2D eigenvalue weighted by atomic mass is 79.9. The van der Waals surface area contributed by atoms with Gasteiger partial charge in [0.1, 0.15) is 0 Å². The quantitative estimate of drug-likeness (QED) is 0.640. The number of halogens is 1. The van der Waals surface area contributed by atoms with E-state index in [2.05, 4.69) is 20.9 Å². The van der Waals surface area contributed by atoms with Crippen LogP contribution >= 0.6 is 15.9 Å². The first-order valence-electron chi connectivity index (χ1n) is 3.09. The van der Waals surface area contributed by atoms with Crippen LogP contribution in [-0.2, 0) is 0 Å². The van der Waals surface area contributed by atoms with E-state index >= 15 is 0 Å². The molecule has 0 saturated heterocycles. The molecule has 0 aliphatic carbocycles. The summed E-state index contributed by atoms with van der Waals surface area (Å²) in [4.78, 5) is 3.83. The summed E-state index contributed by atoms with van der Waals surface area (Å²) in [5.74, 6) is 0. The van der Waals surface area contributed by atoms with Crippen LogP contribution < -0.4 is 5.59 Å². The van der Waals surface area contributed by atoms with Gasteiger partial charge in [-0.15, -0.1) is 0 Å². The average molecular weight is 216 g/mol. The van der Waals surface area contributed by atoms with Crippen LogP contribution in [0.4, 0.5) is 0 Å². The first kappa shape index (κ1) is 8.71. The van der Waals surface area contributed by atoms with E-state index < -0.39 is 7.12 Å². The third-order valence-electron chi connectivity index (χ3n) is 1.33. The molecule has 0 aromatic carbocycles. The fourth-order valence-electron chi connectivity index (χ4n) is 0.821. The fourth-order valence-corrected chi connectivity index (χ4v) is 1.27. The number of nitrogens with zero attached hydrogens (tertiary/aromatic N) is 1. The van der Waals surface area contributed by atoms with Crippen LogP contribution in [-0.4, -0.2) is 22.2 Å². The average Bonchev–Trinajstić information content (AvgIpc) is 1.85. The molecule has 1 aromatic heterocycles. The predicted molar refractivity (Wildman–Crippen MR) is 46.5 cm³/mol. The maximum absolute atomic E-state index is 8.77. The van der Waals surface area contributed by atoms with Gasteiger partial charge < -0.3 is 10.0 Å². The van der Waals surface area contributed by atoms with Crippen LogP contribution in [0.25, 0.3) is 0 Å². The maximum Gasteiger partial charge on any atom is 0.508 e. The monoisotopic (exact) mass is 215 g/mol. The Labute approximate surface area is 73.4 Å². The first-order chi connectivity index (χ1) is 5.11. The van der Waals surface area contributed by atoms with E-state index in [9.17, 15) is 0 Å². The molecule has 3 nitrogen and oxygen atoms in total. The molecule has 58 valence electrons. The van der Waals surface area contributed by atoms with Gasteiger partial charge in [0, 0.05) is 10.7 Å². The molecule has 5 heteroatoms. The van der Waals surface area contributed by atoms with E-state index in [1.165, 1.54) is 6.20 Å². The number of aryl methyl sites for hydroxylation is 1. The summed E-state index contributed by atoms with van der Waals surface area (Å²) in [5, 5.41) is 17.5. The molecule has 1 aromatic rings. The third kappa shape index (κ3) is 2.02. The Balaban J connectivity index is 3.09. The lowest BCUT2D eigenvalue weighted by Crippen LogP contribution is -2.34. The summed E-state index contributed by atoms with van der Waals surface area (Å²) >= 11 is 3.22. The molecule has 2 N–H and O–H groups in total. The van der Waals surface area contributed by atoms with E-state index in [-0.39, 0.29) is 0 Å². The lowest BCUT2D eigenvalue weighted by atomic mass is 9.83. The lowest BCUT2D eigenvalue weighted by Gasteiger charge is -2.02. The Morgan fingerprint density at radius 3 is 2.64 bits per heavy atom. The van der Waals surface area contributed by atoms with Crippen LogP contribution in [0.15, 0.2) is 16.7 Å². The second kappa shape index (κ2) is 3.34. The smallest absolute Gasteiger partial charge is 0.422 e. The van der Waals surface area contributed by atoms with Crippen LogP contribution in [0.1, 0.15) is 5.56 Å². The van der Waals surface area contributed by atoms with Crippen LogP contribution in [0.3, 0.4) is 0 Å². The van der Waals surface area contributed by atoms with Crippen molar-refractivity contribution >= 4 is 28.6 Å². The molecule has 0 spiro atoms. The van der Waals surface area contributed by atoms with Gasteiger partial charge in [0.15, 0.2) is 0 Å². The number of hydrogen-bond donors (Lipinski definition) is 2. The van der Waals surface area contributed by atoms with Gasteiger partial charge in [-0.25, -0.2) is 0 Å². The molecule has 0 atom stereocenters. The molecule has 0 amide bonds. The SMILES string of the molecule is Cc1cc(Br)cnc1B(O)O. The minimum absolute atomic E-state index is 0.299. The number of hydrogen-bond acceptors (Lipinski definition) is 3. The minimum Gasteiger partial charge on any atom is -0.422 e. The third-order valence-corrected chi connectivity index (χ3v) is 1.76. The highest BCUT2D eigenvalue weighted by molar-refractivity contribution is 9.10. The largest absolute Gasteiger partial charge is 0.508 e. The molecule has 0 unspecified atom stereocenters. The van der Waals surface area contributed by atoms with Crippen molar-refractivity contribution in [1.82, 2.24) is 4.98 Å². The van der Waals surface area contributed by atoms with Gasteiger partial charge in [0.25, 0.3) is 0 Å². The Hall–Kier alpha value is -0.385. The Morgan fingerprint density at radius 1 is 1.55 bits per heavy atom. The second-order valence-electron chi connectivity index (χ2n) is 2.23. The number of aromatic nitrogens is 1. The van der Waals surface area contributed by atoms with Crippen molar-refractivity contribution in [1.29, 1.82) is 0 Å². The Kier molecular flexibility index (Phi) is 2.65. The second-order valence-corrected chi connectivity index (χ2v) is 3.15. The zero-order valence-corrected chi connectivity index (χ0v) is 7.54. The molecular formula is C6H7BBrNO2. The van der Waals surface area contributed by atoms with Gasteiger partial charge in [0.05, 0.1) is 5.59 Å². The predicted octanol–water partition coefficient (Wildman–Crippen LogP) is -0.168. The van der Waals surface area contributed by atoms with Crippen LogP contribution in [0, 0.1) is 6.92 Å². The van der Waals surface area contributed by atoms with Crippen molar-refractivity contribution in [2.24, 2.45) is 0 Å². The molecule has 0 aliphatic rings. The highest BCUT2D eigenvalue weighted by Crippen LogP contribution is 2.07. The van der Waals surface area contributed by atoms with Gasteiger partial charge >= 0.3 is 7.12 Å². The molecule has 0 bridgehead atoms. The zero-order chi connectivity index (χ0) is 8.43. The molecule has 0 radical (unpaired) electrons. The summed E-state index contributed by atoms with van der Waals surface area (Å²) in [6.45, 7) is 1.77. The number of pyridine rings is 1. The standard InChI is InChI=1S/C6H7BBrNO2/c1-4-2-5(8)3-9-6(4)7(10)11/h2-3,10-11H,1H3. The molecule has 0 aliphatic heterocycles. The molecule has 1 heterocycles. The van der Waals surface area contributed by atoms with Crippen LogP contribution in [0.5, 0.6) is 0 Å². The Bertz CT molecular complexity index is 267. The van der Waals surface area contributed by atoms with Crippen molar-refractivity contribution in [2.75, 3.05) is 0 Å². The topological polar surface area (TPSA) is 53.4 Å². The zero-order valence-electron chi connectivity index (χ0n) is 5.95. The van der Waals surface area contributed by atoms with Gasteiger partial charge in [-0.05, 0) is 34.5 Å². The normalized spacial score (nSPS) is 9.82. The lowest BCUT2D eigenvalue weighted by molar-refractivity contribution is 0.424. The minimum atomic E-state index is -1.48. The fraction of sp³-hybridized carbons (Fsp3) is 0.167. The number of rotatable bonds is 1. The molecule has 1 rings (SSSR count). The first-order valence-corrected chi connectivity index (χ1v) is 3.88. The van der Waals surface area contributed by atoms with Crippen molar-refractivity contribution in [2.45, 2.75) is 6.92 Å². The summed E-state index contributed by atoms with van der Waals surface area (Å²) in [6.07, 6.45) is 1.53. The molecule has 0 saturated carbocycles. The summed E-state index contributed by atoms with van der Waals surface area (Å²) in [7, 11) is -1.48. The van der Waals surface area contributed by atoms with E-state index in [1.807, 2.05) is 0 Å². The Morgan fingerprint density at radius 2 is 2.18 bits per heavy atom. The van der Waals surface area contributed by atoms with E-state index in [4.69, 9.17) is 10.0 Å². The molecule has 11 heavy (non-hydrogen) atoms. The van der Waals surface area contributed by atoms with E-state index in [1.54, 1.807) is 13.0 Å². The van der Waals surface area contributed by atoms with Crippen molar-refractivity contribution in [3.8, 4) is 0 Å². The van der Waals surface area contributed by atoms with E-state index in [0.29, 0.717) is 5.59 Å². The van der Waals surface area contributed by atoms with E-state index in [0.717, 1.165) is 10.0 Å². The van der Waals surface area contributed by atoms with Gasteiger partial charge in [-0.2, -0.15) is 0 Å².